The summed E-state index contributed by atoms with van der Waals surface area (Å²) in [6.07, 6.45) is 2.66. The molecule has 138 valence electrons. The van der Waals surface area contributed by atoms with Crippen LogP contribution < -0.4 is 5.46 Å². The SMILES string of the molecule is COB(O)c1ccc(-c2ccc(C3CCCN3C(=O)CC(C)C)[nH]2)cc1. The first kappa shape index (κ1) is 18.7. The minimum Gasteiger partial charge on any atom is -0.423 e. The third-order valence-corrected chi connectivity index (χ3v) is 4.95. The van der Waals surface area contributed by atoms with Crippen LogP contribution in [-0.2, 0) is 9.45 Å². The summed E-state index contributed by atoms with van der Waals surface area (Å²) in [6.45, 7) is 5.01. The number of aromatic amines is 1. The Bertz CT molecular complexity index is 742. The fraction of sp³-hybridized carbons (Fsp3) is 0.450. The van der Waals surface area contributed by atoms with E-state index in [-0.39, 0.29) is 11.9 Å². The quantitative estimate of drug-likeness (QED) is 0.784. The number of aromatic nitrogens is 1. The zero-order valence-corrected chi connectivity index (χ0v) is 15.7. The zero-order chi connectivity index (χ0) is 18.7. The van der Waals surface area contributed by atoms with Gasteiger partial charge in [-0.2, -0.15) is 0 Å². The molecule has 2 aromatic rings. The van der Waals surface area contributed by atoms with Gasteiger partial charge in [0.25, 0.3) is 0 Å². The fourth-order valence-electron chi connectivity index (χ4n) is 3.59. The molecule has 0 saturated carbocycles. The molecule has 5 nitrogen and oxygen atoms in total. The van der Waals surface area contributed by atoms with Gasteiger partial charge >= 0.3 is 7.12 Å². The second-order valence-corrected chi connectivity index (χ2v) is 7.38. The van der Waals surface area contributed by atoms with Crippen molar-refractivity contribution in [3.63, 3.8) is 0 Å². The number of hydrogen-bond acceptors (Lipinski definition) is 3. The topological polar surface area (TPSA) is 65.6 Å². The van der Waals surface area contributed by atoms with Gasteiger partial charge in [0.15, 0.2) is 0 Å². The van der Waals surface area contributed by atoms with Crippen LogP contribution in [0.1, 0.15) is 44.8 Å². The summed E-state index contributed by atoms with van der Waals surface area (Å²) in [5, 5.41) is 9.71. The van der Waals surface area contributed by atoms with E-state index >= 15 is 0 Å². The van der Waals surface area contributed by atoms with Gasteiger partial charge in [0.1, 0.15) is 0 Å². The molecule has 0 spiro atoms. The average Bonchev–Trinajstić information content (AvgIpc) is 3.29. The predicted molar refractivity (Wildman–Crippen MR) is 104 cm³/mol. The third-order valence-electron chi connectivity index (χ3n) is 4.95. The molecule has 26 heavy (non-hydrogen) atoms. The number of rotatable bonds is 6. The zero-order valence-electron chi connectivity index (χ0n) is 15.7. The Morgan fingerprint density at radius 3 is 2.69 bits per heavy atom. The van der Waals surface area contributed by atoms with E-state index in [4.69, 9.17) is 4.65 Å². The number of H-pyrrole nitrogens is 1. The summed E-state index contributed by atoms with van der Waals surface area (Å²) >= 11 is 0. The highest BCUT2D eigenvalue weighted by Gasteiger charge is 2.30. The van der Waals surface area contributed by atoms with Crippen LogP contribution in [0.2, 0.25) is 0 Å². The number of carbonyl (C=O) groups excluding carboxylic acids is 1. The molecule has 1 aromatic heterocycles. The minimum atomic E-state index is -0.901. The molecule has 1 fully saturated rings. The van der Waals surface area contributed by atoms with Crippen molar-refractivity contribution in [2.75, 3.05) is 13.7 Å². The van der Waals surface area contributed by atoms with Crippen molar-refractivity contribution in [2.45, 2.75) is 39.2 Å². The van der Waals surface area contributed by atoms with Crippen LogP contribution in [0.15, 0.2) is 36.4 Å². The van der Waals surface area contributed by atoms with E-state index in [9.17, 15) is 9.82 Å². The van der Waals surface area contributed by atoms with E-state index in [1.807, 2.05) is 29.2 Å². The summed E-state index contributed by atoms with van der Waals surface area (Å²) in [4.78, 5) is 18.0. The number of benzene rings is 1. The van der Waals surface area contributed by atoms with E-state index in [0.717, 1.165) is 41.8 Å². The molecular formula is C20H27BN2O3. The van der Waals surface area contributed by atoms with Gasteiger partial charge in [0, 0.05) is 31.5 Å². The summed E-state index contributed by atoms with van der Waals surface area (Å²) in [5.41, 5.74) is 3.88. The molecule has 1 aliphatic heterocycles. The molecule has 2 N–H and O–H groups in total. The number of likely N-dealkylation sites (tertiary alicyclic amines) is 1. The van der Waals surface area contributed by atoms with Crippen LogP contribution in [0, 0.1) is 5.92 Å². The lowest BCUT2D eigenvalue weighted by atomic mass is 9.79. The molecule has 6 heteroatoms. The smallest absolute Gasteiger partial charge is 0.423 e. The molecule has 3 rings (SSSR count). The highest BCUT2D eigenvalue weighted by molar-refractivity contribution is 6.59. The van der Waals surface area contributed by atoms with Crippen molar-refractivity contribution in [1.29, 1.82) is 0 Å². The van der Waals surface area contributed by atoms with E-state index in [0.29, 0.717) is 12.3 Å². The van der Waals surface area contributed by atoms with E-state index in [1.54, 1.807) is 0 Å². The van der Waals surface area contributed by atoms with Gasteiger partial charge in [-0.25, -0.2) is 0 Å². The first-order chi connectivity index (χ1) is 12.5. The summed E-state index contributed by atoms with van der Waals surface area (Å²) < 4.78 is 4.93. The number of hydrogen-bond donors (Lipinski definition) is 2. The Balaban J connectivity index is 1.75. The molecule has 1 amide bonds. The lowest BCUT2D eigenvalue weighted by Crippen LogP contribution is -2.32. The lowest BCUT2D eigenvalue weighted by molar-refractivity contribution is -0.133. The molecule has 1 atom stereocenters. The number of amides is 1. The van der Waals surface area contributed by atoms with Gasteiger partial charge in [-0.3, -0.25) is 4.79 Å². The highest BCUT2D eigenvalue weighted by atomic mass is 16.5. The van der Waals surface area contributed by atoms with E-state index in [1.165, 1.54) is 7.11 Å². The summed E-state index contributed by atoms with van der Waals surface area (Å²) in [6, 6.07) is 11.9. The summed E-state index contributed by atoms with van der Waals surface area (Å²) in [7, 11) is 0.575. The number of nitrogens with one attached hydrogen (secondary N) is 1. The maximum atomic E-state index is 12.5. The maximum Gasteiger partial charge on any atom is 0.490 e. The van der Waals surface area contributed by atoms with Crippen molar-refractivity contribution in [3.05, 3.63) is 42.1 Å². The van der Waals surface area contributed by atoms with Crippen molar-refractivity contribution in [2.24, 2.45) is 5.92 Å². The van der Waals surface area contributed by atoms with Gasteiger partial charge in [-0.15, -0.1) is 0 Å². The second kappa shape index (κ2) is 8.10. The molecule has 1 saturated heterocycles. The Morgan fingerprint density at radius 2 is 2.04 bits per heavy atom. The van der Waals surface area contributed by atoms with Crippen LogP contribution in [0.5, 0.6) is 0 Å². The van der Waals surface area contributed by atoms with Crippen LogP contribution >= 0.6 is 0 Å². The van der Waals surface area contributed by atoms with Crippen LogP contribution in [0.25, 0.3) is 11.3 Å². The minimum absolute atomic E-state index is 0.143. The number of carbonyl (C=O) groups is 1. The maximum absolute atomic E-state index is 12.5. The van der Waals surface area contributed by atoms with Gasteiger partial charge in [0.05, 0.1) is 6.04 Å². The van der Waals surface area contributed by atoms with Crippen molar-refractivity contribution < 1.29 is 14.5 Å². The van der Waals surface area contributed by atoms with Crippen LogP contribution in [0.3, 0.4) is 0 Å². The molecule has 0 bridgehead atoms. The predicted octanol–water partition coefficient (Wildman–Crippen LogP) is 2.73. The molecule has 1 aromatic carbocycles. The number of nitrogens with zero attached hydrogens (tertiary/aromatic N) is 1. The van der Waals surface area contributed by atoms with E-state index in [2.05, 4.69) is 31.0 Å². The van der Waals surface area contributed by atoms with Gasteiger partial charge in [-0.05, 0) is 41.9 Å². The molecule has 2 heterocycles. The Morgan fingerprint density at radius 1 is 1.31 bits per heavy atom. The van der Waals surface area contributed by atoms with Crippen molar-refractivity contribution in [3.8, 4) is 11.3 Å². The summed E-state index contributed by atoms with van der Waals surface area (Å²) in [5.74, 6) is 0.625. The first-order valence-corrected chi connectivity index (χ1v) is 9.29. The molecule has 0 aliphatic carbocycles. The standard InChI is InChI=1S/C20H27BN2O3/c1-14(2)13-20(24)23-12-4-5-19(23)18-11-10-17(22-18)15-6-8-16(9-7-15)21(25)26-3/h6-11,14,19,22,25H,4-5,12-13H2,1-3H3. The highest BCUT2D eigenvalue weighted by Crippen LogP contribution is 2.33. The van der Waals surface area contributed by atoms with Crippen molar-refractivity contribution >= 4 is 18.5 Å². The first-order valence-electron chi connectivity index (χ1n) is 9.29. The molecular weight excluding hydrogens is 327 g/mol. The largest absolute Gasteiger partial charge is 0.490 e. The normalized spacial score (nSPS) is 17.1. The average molecular weight is 354 g/mol. The van der Waals surface area contributed by atoms with Gasteiger partial charge in [0.2, 0.25) is 5.91 Å². The molecule has 1 aliphatic rings. The lowest BCUT2D eigenvalue weighted by Gasteiger charge is -2.25. The monoisotopic (exact) mass is 354 g/mol. The Kier molecular flexibility index (Phi) is 5.84. The van der Waals surface area contributed by atoms with Crippen LogP contribution in [0.4, 0.5) is 0 Å². The van der Waals surface area contributed by atoms with Gasteiger partial charge < -0.3 is 19.6 Å². The van der Waals surface area contributed by atoms with Crippen LogP contribution in [-0.4, -0.2) is 41.6 Å². The second-order valence-electron chi connectivity index (χ2n) is 7.38. The third kappa shape index (κ3) is 4.02. The van der Waals surface area contributed by atoms with Crippen molar-refractivity contribution in [1.82, 2.24) is 9.88 Å². The Labute approximate surface area is 155 Å². The Hall–Kier alpha value is -2.05. The fourth-order valence-corrected chi connectivity index (χ4v) is 3.59. The molecule has 1 unspecified atom stereocenters. The van der Waals surface area contributed by atoms with Gasteiger partial charge in [-0.1, -0.05) is 38.1 Å². The van der Waals surface area contributed by atoms with E-state index < -0.39 is 7.12 Å². The molecule has 0 radical (unpaired) electrons.